The maximum Gasteiger partial charge on any atom is 0.273 e. The molecule has 0 spiro atoms. The summed E-state index contributed by atoms with van der Waals surface area (Å²) in [6.45, 7) is -1.94. The molecule has 22 nitrogen and oxygen atoms in total. The monoisotopic (exact) mass is 788 g/mol. The number of ether oxygens (including phenoxy) is 1. The predicted octanol–water partition coefficient (Wildman–Crippen LogP) is -1.74. The molecule has 0 saturated carbocycles. The quantitative estimate of drug-likeness (QED) is 0.0661. The lowest BCUT2D eigenvalue weighted by Crippen LogP contribution is -2.91. The van der Waals surface area contributed by atoms with Crippen molar-refractivity contribution < 1.29 is 111 Å². The standard InChI is InChI=1S/C34H28O22/c35-9-22-31(52,27(48)10-1-14(36)23(44)15(37)2-10)32(53,28(49)11-3-16(38)24(45)17(39)4-11)33(54,29(50)12-5-18(40)25(46)19(41)6-12)34(55,56-22)30(51)13-7-20(42)26(47)21(43)8-13/h1-8,22,35-47,52-55H,9H2/t22-,31+,32+,33-,34+/m1/s1. The number of phenols is 12. The fourth-order valence-corrected chi connectivity index (χ4v) is 6.26. The van der Waals surface area contributed by atoms with Crippen LogP contribution in [0.2, 0.25) is 0 Å². The van der Waals surface area contributed by atoms with Gasteiger partial charge in [-0.1, -0.05) is 0 Å². The highest BCUT2D eigenvalue weighted by molar-refractivity contribution is 6.22. The smallest absolute Gasteiger partial charge is 0.273 e. The van der Waals surface area contributed by atoms with Crippen LogP contribution in [0.5, 0.6) is 69.0 Å². The number of carbonyl (C=O) groups excluding carboxylic acids is 4. The summed E-state index contributed by atoms with van der Waals surface area (Å²) in [5, 5.41) is 182. The lowest BCUT2D eigenvalue weighted by atomic mass is 9.55. The maximum absolute atomic E-state index is 14.7. The zero-order valence-electron chi connectivity index (χ0n) is 27.5. The molecule has 5 atom stereocenters. The van der Waals surface area contributed by atoms with Gasteiger partial charge in [0.15, 0.2) is 74.6 Å². The minimum absolute atomic E-state index is 0.163. The number of ketones is 4. The van der Waals surface area contributed by atoms with E-state index in [-0.39, 0.29) is 48.5 Å². The first-order valence-electron chi connectivity index (χ1n) is 15.2. The van der Waals surface area contributed by atoms with E-state index in [2.05, 4.69) is 0 Å². The van der Waals surface area contributed by atoms with E-state index in [0.29, 0.717) is 0 Å². The Morgan fingerprint density at radius 3 is 0.964 bits per heavy atom. The van der Waals surface area contributed by atoms with Gasteiger partial charge < -0.3 is 91.5 Å². The molecule has 0 aromatic heterocycles. The molecule has 0 amide bonds. The van der Waals surface area contributed by atoms with Gasteiger partial charge in [0.05, 0.1) is 6.61 Å². The topological polar surface area (TPSA) is 421 Å². The molecule has 4 aromatic carbocycles. The number of phenolic OH excluding ortho intramolecular Hbond substituents is 12. The Kier molecular flexibility index (Phi) is 9.35. The Bertz CT molecular complexity index is 2280. The molecule has 1 heterocycles. The Hall–Kier alpha value is -7.08. The first-order valence-corrected chi connectivity index (χ1v) is 15.2. The zero-order valence-corrected chi connectivity index (χ0v) is 27.5. The number of hydrogen-bond donors (Lipinski definition) is 17. The number of carbonyl (C=O) groups is 4. The highest BCUT2D eigenvalue weighted by atomic mass is 16.7. The summed E-state index contributed by atoms with van der Waals surface area (Å²) in [7, 11) is 0. The van der Waals surface area contributed by atoms with Crippen LogP contribution in [0, 0.1) is 0 Å². The minimum atomic E-state index is -5.10. The van der Waals surface area contributed by atoms with Crippen molar-refractivity contribution in [2.24, 2.45) is 0 Å². The molecule has 1 fully saturated rings. The van der Waals surface area contributed by atoms with Gasteiger partial charge in [0, 0.05) is 22.3 Å². The van der Waals surface area contributed by atoms with E-state index in [4.69, 9.17) is 4.74 Å². The molecule has 56 heavy (non-hydrogen) atoms. The van der Waals surface area contributed by atoms with Crippen molar-refractivity contribution in [3.63, 3.8) is 0 Å². The Labute approximate surface area is 309 Å². The van der Waals surface area contributed by atoms with Crippen LogP contribution in [0.25, 0.3) is 0 Å². The van der Waals surface area contributed by atoms with Crippen LogP contribution in [0.1, 0.15) is 41.4 Å². The van der Waals surface area contributed by atoms with E-state index in [0.717, 1.165) is 0 Å². The molecule has 296 valence electrons. The minimum Gasteiger partial charge on any atom is -0.504 e. The second-order valence-corrected chi connectivity index (χ2v) is 12.4. The van der Waals surface area contributed by atoms with E-state index in [1.165, 1.54) is 0 Å². The Morgan fingerprint density at radius 1 is 0.429 bits per heavy atom. The number of Topliss-reactive ketones (excluding diaryl/α,β-unsaturated/α-hetero) is 4. The molecule has 0 radical (unpaired) electrons. The number of aliphatic hydroxyl groups is 5. The van der Waals surface area contributed by atoms with Crippen molar-refractivity contribution in [1.82, 2.24) is 0 Å². The number of hydrogen-bond acceptors (Lipinski definition) is 22. The zero-order chi connectivity index (χ0) is 42.2. The molecule has 0 bridgehead atoms. The number of aromatic hydroxyl groups is 12. The Balaban J connectivity index is 2.01. The van der Waals surface area contributed by atoms with Crippen LogP contribution in [-0.4, -0.2) is 145 Å². The van der Waals surface area contributed by atoms with Crippen LogP contribution in [-0.2, 0) is 4.74 Å². The van der Waals surface area contributed by atoms with Crippen molar-refractivity contribution in [3.05, 3.63) is 70.8 Å². The SMILES string of the molecule is O=C(c1cc(O)c(O)c(O)c1)[C@@]1(O)[C@](O)(C(=O)c2cc(O)c(O)c(O)c2)[C@@](O)(C(=O)c2cc(O)c(O)c(O)c2)[C@@H](CO)O[C@@]1(O)C(=O)c1cc(O)c(O)c(O)c1. The van der Waals surface area contributed by atoms with Gasteiger partial charge in [-0.3, -0.25) is 19.2 Å². The third-order valence-corrected chi connectivity index (χ3v) is 9.15. The van der Waals surface area contributed by atoms with E-state index < -0.39 is 150 Å². The summed E-state index contributed by atoms with van der Waals surface area (Å²) < 4.78 is 5.17. The van der Waals surface area contributed by atoms with Crippen LogP contribution in [0.4, 0.5) is 0 Å². The van der Waals surface area contributed by atoms with E-state index >= 15 is 0 Å². The summed E-state index contributed by atoms with van der Waals surface area (Å²) in [4.78, 5) is 58.2. The summed E-state index contributed by atoms with van der Waals surface area (Å²) in [6, 6.07) is 1.63. The fraction of sp³-hybridized carbons (Fsp3) is 0.176. The van der Waals surface area contributed by atoms with Crippen molar-refractivity contribution in [2.75, 3.05) is 6.61 Å². The van der Waals surface area contributed by atoms with Gasteiger partial charge in [-0.2, -0.15) is 0 Å². The van der Waals surface area contributed by atoms with Gasteiger partial charge >= 0.3 is 0 Å². The number of rotatable bonds is 9. The number of benzene rings is 4. The number of aliphatic hydroxyl groups excluding tert-OH is 1. The van der Waals surface area contributed by atoms with Gasteiger partial charge in [0.2, 0.25) is 34.3 Å². The average Bonchev–Trinajstić information content (AvgIpc) is 3.15. The first-order chi connectivity index (χ1) is 25.8. The summed E-state index contributed by atoms with van der Waals surface area (Å²) in [5.74, 6) is -30.8. The molecule has 17 N–H and O–H groups in total. The highest BCUT2D eigenvalue weighted by Gasteiger charge is 2.86. The summed E-state index contributed by atoms with van der Waals surface area (Å²) in [6.07, 6.45) is -3.19. The summed E-state index contributed by atoms with van der Waals surface area (Å²) >= 11 is 0. The molecule has 1 aliphatic rings. The molecular formula is C34H28O22. The van der Waals surface area contributed by atoms with Crippen molar-refractivity contribution in [3.8, 4) is 69.0 Å². The highest BCUT2D eigenvalue weighted by Crippen LogP contribution is 2.55. The van der Waals surface area contributed by atoms with Crippen LogP contribution < -0.4 is 0 Å². The second kappa shape index (κ2) is 13.0. The third-order valence-electron chi connectivity index (χ3n) is 9.15. The largest absolute Gasteiger partial charge is 0.504 e. The normalized spacial score (nSPS) is 24.7. The summed E-state index contributed by atoms with van der Waals surface area (Å²) in [5.41, 5.74) is -20.1. The molecule has 22 heteroatoms. The van der Waals surface area contributed by atoms with Gasteiger partial charge in [0.1, 0.15) is 6.10 Å². The van der Waals surface area contributed by atoms with E-state index in [1.807, 2.05) is 0 Å². The van der Waals surface area contributed by atoms with Crippen LogP contribution in [0.15, 0.2) is 48.5 Å². The molecular weight excluding hydrogens is 760 g/mol. The van der Waals surface area contributed by atoms with Crippen molar-refractivity contribution in [2.45, 2.75) is 28.7 Å². The molecule has 1 aliphatic heterocycles. The molecule has 1 saturated heterocycles. The first kappa shape index (κ1) is 40.1. The molecule has 0 unspecified atom stereocenters. The van der Waals surface area contributed by atoms with Gasteiger partial charge in [0.25, 0.3) is 5.79 Å². The molecule has 0 aliphatic carbocycles. The van der Waals surface area contributed by atoms with E-state index in [9.17, 15) is 106 Å². The maximum atomic E-state index is 14.7. The van der Waals surface area contributed by atoms with Crippen molar-refractivity contribution in [1.29, 1.82) is 0 Å². The van der Waals surface area contributed by atoms with Gasteiger partial charge in [-0.25, -0.2) is 0 Å². The van der Waals surface area contributed by atoms with Crippen LogP contribution >= 0.6 is 0 Å². The Morgan fingerprint density at radius 2 is 0.679 bits per heavy atom. The average molecular weight is 789 g/mol. The lowest BCUT2D eigenvalue weighted by Gasteiger charge is -2.60. The van der Waals surface area contributed by atoms with E-state index in [1.54, 1.807) is 0 Å². The fourth-order valence-electron chi connectivity index (χ4n) is 6.26. The lowest BCUT2D eigenvalue weighted by molar-refractivity contribution is -0.377. The van der Waals surface area contributed by atoms with Gasteiger partial charge in [-0.15, -0.1) is 0 Å². The molecule has 5 rings (SSSR count). The van der Waals surface area contributed by atoms with Gasteiger partial charge in [-0.05, 0) is 48.5 Å². The molecule has 4 aromatic rings. The second-order valence-electron chi connectivity index (χ2n) is 12.4. The van der Waals surface area contributed by atoms with Crippen LogP contribution in [0.3, 0.4) is 0 Å². The van der Waals surface area contributed by atoms with Crippen molar-refractivity contribution >= 4 is 23.1 Å². The predicted molar refractivity (Wildman–Crippen MR) is 175 cm³/mol. The third kappa shape index (κ3) is 5.28.